The van der Waals surface area contributed by atoms with Gasteiger partial charge in [-0.1, -0.05) is 11.6 Å². The summed E-state index contributed by atoms with van der Waals surface area (Å²) in [4.78, 5) is 16.2. The fourth-order valence-electron chi connectivity index (χ4n) is 2.44. The van der Waals surface area contributed by atoms with E-state index in [4.69, 9.17) is 0 Å². The van der Waals surface area contributed by atoms with Crippen LogP contribution >= 0.6 is 0 Å². The molecule has 2 aromatic heterocycles. The Morgan fingerprint density at radius 1 is 1.21 bits per heavy atom. The van der Waals surface area contributed by atoms with Gasteiger partial charge in [0, 0.05) is 31.5 Å². The highest BCUT2D eigenvalue weighted by Gasteiger charge is 2.16. The summed E-state index contributed by atoms with van der Waals surface area (Å²) < 4.78 is 15.6. The smallest absolute Gasteiger partial charge is 0.272 e. The summed E-state index contributed by atoms with van der Waals surface area (Å²) >= 11 is 0. The topological polar surface area (TPSA) is 59.8 Å². The molecule has 24 heavy (non-hydrogen) atoms. The fraction of sp³-hybridized carbons (Fsp3) is 0.167. The van der Waals surface area contributed by atoms with Crippen LogP contribution in [0.2, 0.25) is 0 Å². The van der Waals surface area contributed by atoms with Crippen molar-refractivity contribution in [1.29, 1.82) is 0 Å². The minimum absolute atomic E-state index is 0.252. The van der Waals surface area contributed by atoms with Crippen molar-refractivity contribution >= 4 is 5.91 Å². The Balaban J connectivity index is 1.81. The molecule has 0 aliphatic heterocycles. The molecule has 0 bridgehead atoms. The van der Waals surface area contributed by atoms with Crippen LogP contribution in [0.15, 0.2) is 48.8 Å². The molecule has 0 aliphatic rings. The van der Waals surface area contributed by atoms with Crippen LogP contribution in [-0.2, 0) is 13.6 Å². The van der Waals surface area contributed by atoms with Crippen LogP contribution in [0, 0.1) is 12.7 Å². The molecule has 0 radical (unpaired) electrons. The predicted molar refractivity (Wildman–Crippen MR) is 88.7 cm³/mol. The Labute approximate surface area is 139 Å². The van der Waals surface area contributed by atoms with Crippen molar-refractivity contribution in [3.05, 3.63) is 71.4 Å². The molecule has 0 saturated heterocycles. The molecule has 5 nitrogen and oxygen atoms in total. The van der Waals surface area contributed by atoms with E-state index < -0.39 is 0 Å². The maximum absolute atomic E-state index is 14.1. The molecule has 0 spiro atoms. The zero-order valence-corrected chi connectivity index (χ0v) is 13.5. The summed E-state index contributed by atoms with van der Waals surface area (Å²) in [5.74, 6) is -0.644. The molecule has 2 heterocycles. The molecule has 3 rings (SSSR count). The van der Waals surface area contributed by atoms with E-state index in [1.54, 1.807) is 37.6 Å². The number of halogens is 1. The van der Waals surface area contributed by atoms with Gasteiger partial charge < -0.3 is 5.32 Å². The van der Waals surface area contributed by atoms with Gasteiger partial charge in [0.25, 0.3) is 5.91 Å². The van der Waals surface area contributed by atoms with Gasteiger partial charge in [0.05, 0.1) is 5.69 Å². The van der Waals surface area contributed by atoms with Gasteiger partial charge in [0.15, 0.2) is 5.69 Å². The van der Waals surface area contributed by atoms with Crippen LogP contribution in [0.5, 0.6) is 0 Å². The summed E-state index contributed by atoms with van der Waals surface area (Å²) in [5, 5.41) is 6.99. The van der Waals surface area contributed by atoms with E-state index >= 15 is 0 Å². The standard InChI is InChI=1S/C18H17FN4O/c1-12-3-4-15(19)14(9-12)17-10-16(22-23(17)2)18(24)21-11-13-5-7-20-8-6-13/h3-10H,11H2,1-2H3,(H,21,24). The second-order valence-corrected chi connectivity index (χ2v) is 5.56. The third-order valence-electron chi connectivity index (χ3n) is 3.71. The number of amides is 1. The lowest BCUT2D eigenvalue weighted by Gasteiger charge is -2.04. The summed E-state index contributed by atoms with van der Waals surface area (Å²) in [7, 11) is 1.69. The molecule has 0 atom stereocenters. The predicted octanol–water partition coefficient (Wildman–Crippen LogP) is 2.86. The number of hydrogen-bond donors (Lipinski definition) is 1. The van der Waals surface area contributed by atoms with Gasteiger partial charge in [0.2, 0.25) is 0 Å². The van der Waals surface area contributed by atoms with Crippen molar-refractivity contribution in [2.45, 2.75) is 13.5 Å². The molecule has 3 aromatic rings. The summed E-state index contributed by atoms with van der Waals surface area (Å²) in [6.07, 6.45) is 3.34. The van der Waals surface area contributed by atoms with E-state index in [2.05, 4.69) is 15.4 Å². The quantitative estimate of drug-likeness (QED) is 0.803. The van der Waals surface area contributed by atoms with Gasteiger partial charge in [-0.2, -0.15) is 5.10 Å². The lowest BCUT2D eigenvalue weighted by molar-refractivity contribution is 0.0945. The highest BCUT2D eigenvalue weighted by molar-refractivity contribution is 5.93. The van der Waals surface area contributed by atoms with Crippen molar-refractivity contribution in [2.75, 3.05) is 0 Å². The van der Waals surface area contributed by atoms with Crippen molar-refractivity contribution in [3.63, 3.8) is 0 Å². The minimum atomic E-state index is -0.340. The van der Waals surface area contributed by atoms with Gasteiger partial charge in [-0.3, -0.25) is 14.5 Å². The molecule has 0 fully saturated rings. The number of carbonyl (C=O) groups is 1. The number of rotatable bonds is 4. The highest BCUT2D eigenvalue weighted by atomic mass is 19.1. The Morgan fingerprint density at radius 2 is 1.96 bits per heavy atom. The van der Waals surface area contributed by atoms with Crippen LogP contribution < -0.4 is 5.32 Å². The zero-order chi connectivity index (χ0) is 17.1. The molecular formula is C18H17FN4O. The summed E-state index contributed by atoms with van der Waals surface area (Å²) in [6.45, 7) is 2.27. The molecule has 1 aromatic carbocycles. The van der Waals surface area contributed by atoms with Crippen LogP contribution in [0.25, 0.3) is 11.3 Å². The second kappa shape index (κ2) is 6.62. The van der Waals surface area contributed by atoms with Gasteiger partial charge in [0.1, 0.15) is 5.82 Å². The third-order valence-corrected chi connectivity index (χ3v) is 3.71. The number of carbonyl (C=O) groups excluding carboxylic acids is 1. The molecule has 122 valence electrons. The van der Waals surface area contributed by atoms with Gasteiger partial charge in [-0.15, -0.1) is 0 Å². The van der Waals surface area contributed by atoms with E-state index in [9.17, 15) is 9.18 Å². The van der Waals surface area contributed by atoms with Gasteiger partial charge >= 0.3 is 0 Å². The molecule has 0 aliphatic carbocycles. The van der Waals surface area contributed by atoms with E-state index in [0.29, 0.717) is 17.8 Å². The van der Waals surface area contributed by atoms with Crippen LogP contribution in [-0.4, -0.2) is 20.7 Å². The first kappa shape index (κ1) is 15.9. The largest absolute Gasteiger partial charge is 0.347 e. The lowest BCUT2D eigenvalue weighted by Crippen LogP contribution is -2.23. The second-order valence-electron chi connectivity index (χ2n) is 5.56. The molecule has 0 unspecified atom stereocenters. The Hall–Kier alpha value is -3.02. The Kier molecular flexibility index (Phi) is 4.37. The van der Waals surface area contributed by atoms with Gasteiger partial charge in [-0.05, 0) is 42.8 Å². The molecule has 0 saturated carbocycles. The van der Waals surface area contributed by atoms with Crippen molar-refractivity contribution in [3.8, 4) is 11.3 Å². The monoisotopic (exact) mass is 324 g/mol. The maximum Gasteiger partial charge on any atom is 0.272 e. The first-order chi connectivity index (χ1) is 11.5. The highest BCUT2D eigenvalue weighted by Crippen LogP contribution is 2.24. The molecule has 1 amide bonds. The van der Waals surface area contributed by atoms with Crippen molar-refractivity contribution in [1.82, 2.24) is 20.1 Å². The first-order valence-corrected chi connectivity index (χ1v) is 7.52. The Morgan fingerprint density at radius 3 is 2.71 bits per heavy atom. The fourth-order valence-corrected chi connectivity index (χ4v) is 2.44. The summed E-state index contributed by atoms with van der Waals surface area (Å²) in [5.41, 5.74) is 3.13. The average Bonchev–Trinajstić information content (AvgIpc) is 2.97. The van der Waals surface area contributed by atoms with Crippen LogP contribution in [0.4, 0.5) is 4.39 Å². The van der Waals surface area contributed by atoms with E-state index in [1.807, 2.05) is 19.1 Å². The van der Waals surface area contributed by atoms with Crippen molar-refractivity contribution in [2.24, 2.45) is 7.05 Å². The van der Waals surface area contributed by atoms with Crippen LogP contribution in [0.3, 0.4) is 0 Å². The SMILES string of the molecule is Cc1ccc(F)c(-c2cc(C(=O)NCc3ccncc3)nn2C)c1. The Bertz CT molecular complexity index is 874. The number of nitrogens with one attached hydrogen (secondary N) is 1. The number of nitrogens with zero attached hydrogens (tertiary/aromatic N) is 3. The zero-order valence-electron chi connectivity index (χ0n) is 13.5. The van der Waals surface area contributed by atoms with Crippen LogP contribution in [0.1, 0.15) is 21.6 Å². The van der Waals surface area contributed by atoms with E-state index in [0.717, 1.165) is 11.1 Å². The number of pyridine rings is 1. The number of aryl methyl sites for hydroxylation is 2. The number of hydrogen-bond acceptors (Lipinski definition) is 3. The normalized spacial score (nSPS) is 10.6. The van der Waals surface area contributed by atoms with Crippen molar-refractivity contribution < 1.29 is 9.18 Å². The lowest BCUT2D eigenvalue weighted by atomic mass is 10.1. The third kappa shape index (κ3) is 3.32. The minimum Gasteiger partial charge on any atom is -0.347 e. The molecular weight excluding hydrogens is 307 g/mol. The van der Waals surface area contributed by atoms with E-state index in [-0.39, 0.29) is 17.4 Å². The number of benzene rings is 1. The number of aromatic nitrogens is 3. The maximum atomic E-state index is 14.1. The average molecular weight is 324 g/mol. The molecule has 1 N–H and O–H groups in total. The molecule has 6 heteroatoms. The van der Waals surface area contributed by atoms with E-state index in [1.165, 1.54) is 10.7 Å². The van der Waals surface area contributed by atoms with Gasteiger partial charge in [-0.25, -0.2) is 4.39 Å². The first-order valence-electron chi connectivity index (χ1n) is 7.52. The summed E-state index contributed by atoms with van der Waals surface area (Å²) in [6, 6.07) is 10.1.